The van der Waals surface area contributed by atoms with E-state index in [1.54, 1.807) is 12.4 Å². The molecule has 0 saturated heterocycles. The normalized spacial score (nSPS) is 10.9. The molecular weight excluding hydrogens is 275 g/mol. The molecule has 0 radical (unpaired) electrons. The van der Waals surface area contributed by atoms with Crippen LogP contribution in [0.5, 0.6) is 0 Å². The van der Waals surface area contributed by atoms with Gasteiger partial charge in [-0.25, -0.2) is 0 Å². The van der Waals surface area contributed by atoms with Gasteiger partial charge in [0.2, 0.25) is 0 Å². The molecule has 2 nitrogen and oxygen atoms in total. The van der Waals surface area contributed by atoms with E-state index < -0.39 is 0 Å². The van der Waals surface area contributed by atoms with Crippen LogP contribution >= 0.6 is 27.5 Å². The predicted molar refractivity (Wildman–Crippen MR) is 68.6 cm³/mol. The lowest BCUT2D eigenvalue weighted by Crippen LogP contribution is -2.24. The topological polar surface area (TPSA) is 16.1 Å². The lowest BCUT2D eigenvalue weighted by atomic mass is 10.2. The van der Waals surface area contributed by atoms with Gasteiger partial charge in [0.1, 0.15) is 0 Å². The van der Waals surface area contributed by atoms with Crippen LogP contribution in [0.15, 0.2) is 18.5 Å². The fourth-order valence-corrected chi connectivity index (χ4v) is 1.84. The minimum Gasteiger partial charge on any atom is -0.299 e. The van der Waals surface area contributed by atoms with Crippen LogP contribution in [-0.4, -0.2) is 28.3 Å². The zero-order valence-corrected chi connectivity index (χ0v) is 11.3. The first-order valence-electron chi connectivity index (χ1n) is 5.14. The number of aromatic nitrogens is 1. The van der Waals surface area contributed by atoms with Gasteiger partial charge in [-0.3, -0.25) is 9.88 Å². The van der Waals surface area contributed by atoms with E-state index in [0.29, 0.717) is 0 Å². The summed E-state index contributed by atoms with van der Waals surface area (Å²) in [5.74, 6) is 0. The molecule has 0 aromatic carbocycles. The summed E-state index contributed by atoms with van der Waals surface area (Å²) in [6.07, 6.45) is 4.66. The Labute approximate surface area is 105 Å². The number of hydrogen-bond acceptors (Lipinski definition) is 2. The van der Waals surface area contributed by atoms with Crippen molar-refractivity contribution in [2.45, 2.75) is 19.9 Å². The van der Waals surface area contributed by atoms with Gasteiger partial charge >= 0.3 is 0 Å². The summed E-state index contributed by atoms with van der Waals surface area (Å²) in [6, 6.07) is 1.99. The number of pyridine rings is 1. The van der Waals surface area contributed by atoms with E-state index in [1.807, 2.05) is 6.07 Å². The summed E-state index contributed by atoms with van der Waals surface area (Å²) >= 11 is 9.51. The molecule has 15 heavy (non-hydrogen) atoms. The highest BCUT2D eigenvalue weighted by Gasteiger charge is 2.05. The van der Waals surface area contributed by atoms with E-state index in [-0.39, 0.29) is 0 Å². The first kappa shape index (κ1) is 12.9. The van der Waals surface area contributed by atoms with Gasteiger partial charge in [0, 0.05) is 24.3 Å². The van der Waals surface area contributed by atoms with Crippen LogP contribution in [0.2, 0.25) is 5.02 Å². The molecule has 0 N–H and O–H groups in total. The van der Waals surface area contributed by atoms with Gasteiger partial charge in [0.15, 0.2) is 0 Å². The van der Waals surface area contributed by atoms with Gasteiger partial charge in [-0.2, -0.15) is 0 Å². The molecule has 0 atom stereocenters. The van der Waals surface area contributed by atoms with Crippen molar-refractivity contribution in [1.29, 1.82) is 0 Å². The molecular formula is C11H16BrClN2. The van der Waals surface area contributed by atoms with Crippen molar-refractivity contribution in [3.8, 4) is 0 Å². The molecule has 4 heteroatoms. The lowest BCUT2D eigenvalue weighted by molar-refractivity contribution is 0.282. The lowest BCUT2D eigenvalue weighted by Gasteiger charge is -2.20. The van der Waals surface area contributed by atoms with Crippen molar-refractivity contribution < 1.29 is 0 Å². The number of halogens is 2. The molecule has 0 aliphatic heterocycles. The van der Waals surface area contributed by atoms with E-state index in [4.69, 9.17) is 11.6 Å². The monoisotopic (exact) mass is 290 g/mol. The highest BCUT2D eigenvalue weighted by Crippen LogP contribution is 2.15. The van der Waals surface area contributed by atoms with Crippen LogP contribution in [0.1, 0.15) is 18.9 Å². The SMILES string of the molecule is CCN(CCCBr)Cc1ccncc1Cl. The van der Waals surface area contributed by atoms with Crippen LogP contribution in [0.4, 0.5) is 0 Å². The Morgan fingerprint density at radius 1 is 1.53 bits per heavy atom. The van der Waals surface area contributed by atoms with Crippen molar-refractivity contribution in [2.24, 2.45) is 0 Å². The number of hydrogen-bond donors (Lipinski definition) is 0. The maximum absolute atomic E-state index is 6.06. The Balaban J connectivity index is 2.54. The first-order valence-corrected chi connectivity index (χ1v) is 6.64. The molecule has 0 fully saturated rings. The molecule has 0 aliphatic carbocycles. The Hall–Kier alpha value is -0.120. The number of rotatable bonds is 6. The molecule has 0 bridgehead atoms. The number of alkyl halides is 1. The molecule has 1 aromatic rings. The summed E-state index contributed by atoms with van der Waals surface area (Å²) < 4.78 is 0. The smallest absolute Gasteiger partial charge is 0.0634 e. The second kappa shape index (κ2) is 7.20. The van der Waals surface area contributed by atoms with Crippen molar-refractivity contribution in [2.75, 3.05) is 18.4 Å². The van der Waals surface area contributed by atoms with Gasteiger partial charge in [-0.1, -0.05) is 34.5 Å². The van der Waals surface area contributed by atoms with Crippen molar-refractivity contribution in [3.63, 3.8) is 0 Å². The Morgan fingerprint density at radius 3 is 2.93 bits per heavy atom. The van der Waals surface area contributed by atoms with Crippen LogP contribution in [-0.2, 0) is 6.54 Å². The summed E-state index contributed by atoms with van der Waals surface area (Å²) in [4.78, 5) is 6.36. The Bertz CT molecular complexity index is 294. The Morgan fingerprint density at radius 2 is 2.33 bits per heavy atom. The van der Waals surface area contributed by atoms with Crippen molar-refractivity contribution in [1.82, 2.24) is 9.88 Å². The maximum atomic E-state index is 6.06. The fourth-order valence-electron chi connectivity index (χ4n) is 1.41. The van der Waals surface area contributed by atoms with E-state index >= 15 is 0 Å². The van der Waals surface area contributed by atoms with Crippen LogP contribution in [0, 0.1) is 0 Å². The molecule has 0 amide bonds. The van der Waals surface area contributed by atoms with Gasteiger partial charge in [-0.15, -0.1) is 0 Å². The van der Waals surface area contributed by atoms with E-state index in [1.165, 1.54) is 0 Å². The third kappa shape index (κ3) is 4.49. The van der Waals surface area contributed by atoms with E-state index in [9.17, 15) is 0 Å². The third-order valence-corrected chi connectivity index (χ3v) is 3.21. The molecule has 0 unspecified atom stereocenters. The summed E-state index contributed by atoms with van der Waals surface area (Å²) in [5, 5.41) is 1.81. The van der Waals surface area contributed by atoms with Gasteiger partial charge in [0.25, 0.3) is 0 Å². The summed E-state index contributed by atoms with van der Waals surface area (Å²) in [7, 11) is 0. The molecule has 1 aromatic heterocycles. The quantitative estimate of drug-likeness (QED) is 0.747. The van der Waals surface area contributed by atoms with Crippen molar-refractivity contribution >= 4 is 27.5 Å². The highest BCUT2D eigenvalue weighted by molar-refractivity contribution is 9.09. The second-order valence-electron chi connectivity index (χ2n) is 3.38. The molecule has 0 aliphatic rings. The highest BCUT2D eigenvalue weighted by atomic mass is 79.9. The number of nitrogens with zero attached hydrogens (tertiary/aromatic N) is 2. The predicted octanol–water partition coefficient (Wildman–Crippen LogP) is 3.34. The molecule has 0 spiro atoms. The van der Waals surface area contributed by atoms with Crippen LogP contribution in [0.25, 0.3) is 0 Å². The largest absolute Gasteiger partial charge is 0.299 e. The average molecular weight is 292 g/mol. The van der Waals surface area contributed by atoms with Crippen LogP contribution < -0.4 is 0 Å². The average Bonchev–Trinajstić information content (AvgIpc) is 2.26. The summed E-state index contributed by atoms with van der Waals surface area (Å²) in [5.41, 5.74) is 1.16. The van der Waals surface area contributed by atoms with E-state index in [0.717, 1.165) is 42.0 Å². The van der Waals surface area contributed by atoms with E-state index in [2.05, 4.69) is 32.7 Å². The molecule has 0 saturated carbocycles. The van der Waals surface area contributed by atoms with Crippen LogP contribution in [0.3, 0.4) is 0 Å². The minimum absolute atomic E-state index is 0.759. The Kier molecular flexibility index (Phi) is 6.22. The minimum atomic E-state index is 0.759. The third-order valence-electron chi connectivity index (χ3n) is 2.31. The van der Waals surface area contributed by atoms with Crippen molar-refractivity contribution in [3.05, 3.63) is 29.0 Å². The first-order chi connectivity index (χ1) is 7.27. The van der Waals surface area contributed by atoms with Gasteiger partial charge in [-0.05, 0) is 31.1 Å². The second-order valence-corrected chi connectivity index (χ2v) is 4.58. The standard InChI is InChI=1S/C11H16BrClN2/c1-2-15(7-3-5-12)9-10-4-6-14-8-11(10)13/h4,6,8H,2-3,5,7,9H2,1H3. The maximum Gasteiger partial charge on any atom is 0.0634 e. The molecule has 84 valence electrons. The fraction of sp³-hybridized carbons (Fsp3) is 0.545. The zero-order chi connectivity index (χ0) is 11.1. The molecule has 1 heterocycles. The van der Waals surface area contributed by atoms with Gasteiger partial charge < -0.3 is 0 Å². The summed E-state index contributed by atoms with van der Waals surface area (Å²) in [6.45, 7) is 5.22. The molecule has 1 rings (SSSR count). The zero-order valence-electron chi connectivity index (χ0n) is 8.92. The van der Waals surface area contributed by atoms with Gasteiger partial charge in [0.05, 0.1) is 5.02 Å².